The first-order valence-corrected chi connectivity index (χ1v) is 31.7. The molecule has 0 fully saturated rings. The van der Waals surface area contributed by atoms with Gasteiger partial charge in [-0.2, -0.15) is 0 Å². The molecule has 3 atom stereocenters. The molecule has 1 unspecified atom stereocenters. The zero-order valence-electron chi connectivity index (χ0n) is 46.9. The summed E-state index contributed by atoms with van der Waals surface area (Å²) in [4.78, 5) is 68.3. The van der Waals surface area contributed by atoms with Crippen LogP contribution in [0.5, 0.6) is 0 Å². The second-order valence-corrected chi connectivity index (χ2v) is 27.6. The first-order chi connectivity index (χ1) is 37.7. The number of thiazole rings is 3. The molecule has 0 radical (unpaired) electrons. The van der Waals surface area contributed by atoms with Crippen molar-refractivity contribution < 1.29 is 19.2 Å². The molecule has 0 aliphatic carbocycles. The molecule has 0 bridgehead atoms. The average molecular weight is 1170 g/mol. The van der Waals surface area contributed by atoms with Gasteiger partial charge in [-0.25, -0.2) is 15.0 Å². The van der Waals surface area contributed by atoms with E-state index in [1.165, 1.54) is 59.3 Å². The molecule has 414 valence electrons. The monoisotopic (exact) mass is 1170 g/mol. The summed E-state index contributed by atoms with van der Waals surface area (Å²) in [5.74, 6) is 1.33. The van der Waals surface area contributed by atoms with Gasteiger partial charge in [0.05, 0.1) is 30.6 Å². The molecule has 0 saturated heterocycles. The van der Waals surface area contributed by atoms with Crippen LogP contribution in [0.25, 0.3) is 62.4 Å². The molecule has 3 aromatic carbocycles. The Balaban J connectivity index is 0.000000139. The van der Waals surface area contributed by atoms with E-state index in [0.717, 1.165) is 103 Å². The number of nitrogens with zero attached hydrogens (tertiary/aromatic N) is 5. The fraction of sp³-hybridized carbons (Fsp3) is 0.383. The van der Waals surface area contributed by atoms with Gasteiger partial charge < -0.3 is 26.1 Å². The summed E-state index contributed by atoms with van der Waals surface area (Å²) in [5.41, 5.74) is 10.5. The van der Waals surface area contributed by atoms with E-state index in [1.807, 2.05) is 42.5 Å². The largest absolute Gasteiger partial charge is 0.317 e. The number of anilines is 3. The number of hydrogen-bond acceptors (Lipinski definition) is 16. The van der Waals surface area contributed by atoms with E-state index in [1.54, 1.807) is 88.8 Å². The lowest BCUT2D eigenvalue weighted by Gasteiger charge is -2.34. The molecule has 4 N–H and O–H groups in total. The number of carbonyl (C=O) groups is 4. The third-order valence-corrected chi connectivity index (χ3v) is 20.3. The predicted molar refractivity (Wildman–Crippen MR) is 336 cm³/mol. The Kier molecular flexibility index (Phi) is 18.4. The van der Waals surface area contributed by atoms with Crippen LogP contribution in [0.3, 0.4) is 0 Å². The number of fused-ring (bicyclic) bond motifs is 6. The fourth-order valence-electron chi connectivity index (χ4n) is 10.4. The predicted octanol–water partition coefficient (Wildman–Crippen LogP) is 15.4. The molecule has 79 heavy (non-hydrogen) atoms. The Morgan fingerprint density at radius 3 is 1.13 bits per heavy atom. The molecule has 13 nitrogen and oxygen atoms in total. The number of rotatable bonds is 8. The highest BCUT2D eigenvalue weighted by Crippen LogP contribution is 2.51. The van der Waals surface area contributed by atoms with Crippen molar-refractivity contribution in [2.24, 2.45) is 0 Å². The van der Waals surface area contributed by atoms with Crippen molar-refractivity contribution in [2.45, 2.75) is 133 Å². The van der Waals surface area contributed by atoms with Gasteiger partial charge in [0.25, 0.3) is 0 Å². The van der Waals surface area contributed by atoms with Crippen LogP contribution in [0.15, 0.2) is 72.8 Å². The molecular formula is C60H69N9O4S6. The highest BCUT2D eigenvalue weighted by molar-refractivity contribution is 7.24. The number of nitrogens with one attached hydrogen (secondary N) is 4. The molecule has 3 amide bonds. The Labute approximate surface area is 486 Å². The lowest BCUT2D eigenvalue weighted by Crippen LogP contribution is -2.36. The number of aromatic nitrogens is 3. The summed E-state index contributed by atoms with van der Waals surface area (Å²) in [6, 6.07) is 25.7. The third-order valence-electron chi connectivity index (χ3n) is 13.8. The smallest absolute Gasteiger partial charge is 0.221 e. The van der Waals surface area contributed by atoms with Gasteiger partial charge in [-0.15, -0.1) is 68.0 Å². The summed E-state index contributed by atoms with van der Waals surface area (Å²) in [5, 5.41) is 18.4. The van der Waals surface area contributed by atoms with Gasteiger partial charge in [0.2, 0.25) is 17.7 Å². The lowest BCUT2D eigenvalue weighted by molar-refractivity contribution is -0.115. The van der Waals surface area contributed by atoms with Crippen LogP contribution in [0.1, 0.15) is 132 Å². The number of hydrogen-bond donors (Lipinski definition) is 4. The van der Waals surface area contributed by atoms with E-state index in [4.69, 9.17) is 15.0 Å². The summed E-state index contributed by atoms with van der Waals surface area (Å²) in [6.45, 7) is 29.3. The quantitative estimate of drug-likeness (QED) is 0.115. The van der Waals surface area contributed by atoms with Crippen molar-refractivity contribution in [1.82, 2.24) is 30.1 Å². The van der Waals surface area contributed by atoms with Crippen molar-refractivity contribution in [3.63, 3.8) is 0 Å². The maximum atomic E-state index is 11.8. The SMILES string of the molecule is CC(=O)Nc1sc2c(c1-c1nc3ccccc3s1)C(C)CNC2.CC(=O)Nc1sc2c(c1-c1nc3ccccc3s1)[C@@H](C)CN(C(C)C)C2.CC(=O)Nc1sc2c(c1-c1nc3ccccc3s1)[C@H](C)CN(C(C)C)C2.CC(C)=O. The number of ketones is 1. The number of benzene rings is 3. The molecule has 3 aliphatic rings. The van der Waals surface area contributed by atoms with Gasteiger partial charge in [0.15, 0.2) is 0 Å². The molecule has 3 aliphatic heterocycles. The Hall–Kier alpha value is -5.61. The summed E-state index contributed by atoms with van der Waals surface area (Å²) in [6.07, 6.45) is 0. The minimum atomic E-state index is -0.0356. The molecule has 9 aromatic rings. The summed E-state index contributed by atoms with van der Waals surface area (Å²) in [7, 11) is 0. The van der Waals surface area contributed by atoms with Crippen LogP contribution in [0.4, 0.5) is 15.0 Å². The minimum absolute atomic E-state index is 0.0284. The van der Waals surface area contributed by atoms with E-state index in [9.17, 15) is 19.2 Å². The number of thiophene rings is 3. The topological polar surface area (TPSA) is 162 Å². The van der Waals surface area contributed by atoms with Gasteiger partial charge in [-0.1, -0.05) is 57.2 Å². The van der Waals surface area contributed by atoms with E-state index in [0.29, 0.717) is 29.8 Å². The standard InChI is InChI=1S/2C20H23N3OS2.C17H17N3OS2.C3H6O/c2*1-11(2)23-9-12(3)17-16(10-23)26-19(21-13(4)24)18(17)20-22-14-7-5-6-8-15(14)25-20;1-9-7-18-8-13-14(9)15(16(23-13)19-10(2)21)17-20-11-5-3-4-6-12(11)22-17;1-3(2)4/h2*5-8,11-12H,9-10H2,1-4H3,(H,21,24);3-6,9,18H,7-8H2,1-2H3,(H,19,21);1-2H3/t2*12-;;/m10../s1. The molecule has 6 aromatic heterocycles. The number of carbonyl (C=O) groups excluding carboxylic acids is 4. The van der Waals surface area contributed by atoms with E-state index < -0.39 is 0 Å². The lowest BCUT2D eigenvalue weighted by atomic mass is 9.92. The van der Waals surface area contributed by atoms with Crippen molar-refractivity contribution in [1.29, 1.82) is 0 Å². The first-order valence-electron chi connectivity index (χ1n) is 26.8. The molecule has 0 spiro atoms. The van der Waals surface area contributed by atoms with Crippen molar-refractivity contribution in [3.8, 4) is 31.7 Å². The van der Waals surface area contributed by atoms with Crippen LogP contribution in [-0.2, 0) is 38.8 Å². The molecular weight excluding hydrogens is 1100 g/mol. The molecule has 9 heterocycles. The Morgan fingerprint density at radius 1 is 0.494 bits per heavy atom. The van der Waals surface area contributed by atoms with Gasteiger partial charge in [0.1, 0.15) is 35.8 Å². The molecule has 0 saturated carbocycles. The highest BCUT2D eigenvalue weighted by atomic mass is 32.1. The second kappa shape index (κ2) is 25.0. The van der Waals surface area contributed by atoms with Gasteiger partial charge >= 0.3 is 0 Å². The number of amides is 3. The summed E-state index contributed by atoms with van der Waals surface area (Å²) < 4.78 is 3.55. The van der Waals surface area contributed by atoms with Gasteiger partial charge in [-0.3, -0.25) is 24.2 Å². The third kappa shape index (κ3) is 13.1. The van der Waals surface area contributed by atoms with Crippen molar-refractivity contribution >= 4 is 137 Å². The van der Waals surface area contributed by atoms with Crippen molar-refractivity contribution in [2.75, 3.05) is 35.6 Å². The maximum Gasteiger partial charge on any atom is 0.221 e. The van der Waals surface area contributed by atoms with Crippen LogP contribution in [0.2, 0.25) is 0 Å². The van der Waals surface area contributed by atoms with Crippen molar-refractivity contribution in [3.05, 3.63) is 104 Å². The zero-order valence-corrected chi connectivity index (χ0v) is 51.8. The normalized spacial score (nSPS) is 17.0. The van der Waals surface area contributed by atoms with Crippen LogP contribution in [0, 0.1) is 0 Å². The average Bonchev–Trinajstić information content (AvgIpc) is 4.41. The fourth-order valence-corrected chi connectivity index (χ4v) is 17.8. The van der Waals surface area contributed by atoms with E-state index >= 15 is 0 Å². The molecule has 12 rings (SSSR count). The highest BCUT2D eigenvalue weighted by Gasteiger charge is 2.35. The Morgan fingerprint density at radius 2 is 0.810 bits per heavy atom. The zero-order chi connectivity index (χ0) is 56.4. The van der Waals surface area contributed by atoms with Gasteiger partial charge in [-0.05, 0) is 112 Å². The minimum Gasteiger partial charge on any atom is -0.317 e. The van der Waals surface area contributed by atoms with E-state index in [2.05, 4.69) is 110 Å². The van der Waals surface area contributed by atoms with Crippen LogP contribution in [-0.4, -0.2) is 80.0 Å². The number of para-hydroxylation sites is 3. The Bertz CT molecular complexity index is 3430. The van der Waals surface area contributed by atoms with Crippen LogP contribution >= 0.6 is 68.0 Å². The maximum absolute atomic E-state index is 11.8. The van der Waals surface area contributed by atoms with Gasteiger partial charge in [0, 0.05) is 103 Å². The van der Waals surface area contributed by atoms with Crippen LogP contribution < -0.4 is 21.3 Å². The number of Topliss-reactive ketones (excluding diaryl/α,β-unsaturated/α-hetero) is 1. The molecule has 19 heteroatoms. The summed E-state index contributed by atoms with van der Waals surface area (Å²) >= 11 is 10.2. The van der Waals surface area contributed by atoms with E-state index in [-0.39, 0.29) is 23.5 Å². The second-order valence-electron chi connectivity index (χ2n) is 21.2. The first kappa shape index (κ1) is 58.1.